The highest BCUT2D eigenvalue weighted by atomic mass is 35.5. The molecule has 0 atom stereocenters. The van der Waals surface area contributed by atoms with Crippen LogP contribution in [0.25, 0.3) is 0 Å². The first-order valence-electron chi connectivity index (χ1n) is 2.03. The van der Waals surface area contributed by atoms with Crippen LogP contribution in [-0.4, -0.2) is 22.0 Å². The number of aliphatic carboxylic acids is 1. The lowest BCUT2D eigenvalue weighted by molar-refractivity contribution is -0.138. The van der Waals surface area contributed by atoms with E-state index in [4.69, 9.17) is 5.11 Å². The quantitative estimate of drug-likeness (QED) is 0.692. The molecule has 0 amide bonds. The Hall–Kier alpha value is 0.260. The number of hydrogen-bond donors (Lipinski definition) is 1. The summed E-state index contributed by atoms with van der Waals surface area (Å²) in [6, 6.07) is 0. The van der Waals surface area contributed by atoms with E-state index in [1.807, 2.05) is 0 Å². The summed E-state index contributed by atoms with van der Waals surface area (Å²) in [5, 5.41) is 8.05. The Balaban J connectivity index is -0.0000000240. The van der Waals surface area contributed by atoms with Crippen molar-refractivity contribution in [3.8, 4) is 0 Å². The van der Waals surface area contributed by atoms with Gasteiger partial charge in [0.05, 0.1) is 5.92 Å². The molecular formula is C4H13Cl3O4. The molecule has 0 aromatic carbocycles. The van der Waals surface area contributed by atoms with Crippen LogP contribution >= 0.6 is 37.2 Å². The van der Waals surface area contributed by atoms with Gasteiger partial charge in [0.25, 0.3) is 0 Å². The van der Waals surface area contributed by atoms with Crippen molar-refractivity contribution in [2.24, 2.45) is 5.92 Å². The molecule has 1 aliphatic carbocycles. The fourth-order valence-corrected chi connectivity index (χ4v) is 0.330. The zero-order chi connectivity index (χ0) is 4.57. The van der Waals surface area contributed by atoms with E-state index in [-0.39, 0.29) is 54.1 Å². The van der Waals surface area contributed by atoms with Crippen LogP contribution in [-0.2, 0) is 4.79 Å². The van der Waals surface area contributed by atoms with Crippen LogP contribution in [0.3, 0.4) is 0 Å². The molecule has 1 fully saturated rings. The van der Waals surface area contributed by atoms with E-state index in [2.05, 4.69) is 0 Å². The lowest BCUT2D eigenvalue weighted by Crippen LogP contribution is -1.94. The van der Waals surface area contributed by atoms with Crippen LogP contribution in [0.1, 0.15) is 12.8 Å². The van der Waals surface area contributed by atoms with Crippen LogP contribution in [0.5, 0.6) is 0 Å². The predicted molar refractivity (Wildman–Crippen MR) is 49.3 cm³/mol. The average Bonchev–Trinajstić information content (AvgIpc) is 2.06. The lowest BCUT2D eigenvalue weighted by atomic mass is 10.5. The molecule has 5 N–H and O–H groups in total. The van der Waals surface area contributed by atoms with Crippen molar-refractivity contribution in [2.75, 3.05) is 0 Å². The minimum atomic E-state index is -0.630. The normalized spacial score (nSPS) is 11.3. The molecule has 0 bridgehead atoms. The van der Waals surface area contributed by atoms with Gasteiger partial charge in [0.15, 0.2) is 0 Å². The molecule has 0 aliphatic heterocycles. The van der Waals surface area contributed by atoms with Crippen molar-refractivity contribution < 1.29 is 20.9 Å². The van der Waals surface area contributed by atoms with Crippen LogP contribution in [0.15, 0.2) is 0 Å². The fourth-order valence-electron chi connectivity index (χ4n) is 0.330. The molecule has 0 spiro atoms. The number of rotatable bonds is 1. The summed E-state index contributed by atoms with van der Waals surface area (Å²) in [7, 11) is 0. The summed E-state index contributed by atoms with van der Waals surface area (Å²) in [5.74, 6) is -0.611. The summed E-state index contributed by atoms with van der Waals surface area (Å²) in [6.07, 6.45) is 1.80. The Morgan fingerprint density at radius 2 is 1.36 bits per heavy atom. The smallest absolute Gasteiger partial charge is 0.306 e. The van der Waals surface area contributed by atoms with Crippen molar-refractivity contribution in [1.29, 1.82) is 0 Å². The van der Waals surface area contributed by atoms with E-state index in [1.165, 1.54) is 0 Å². The molecular weight excluding hydrogens is 218 g/mol. The van der Waals surface area contributed by atoms with E-state index < -0.39 is 5.97 Å². The second kappa shape index (κ2) is 12.9. The third kappa shape index (κ3) is 13.3. The SMILES string of the molecule is Cl.Cl.Cl.O.O.O=C(O)C1CC1. The van der Waals surface area contributed by atoms with Crippen molar-refractivity contribution in [3.05, 3.63) is 0 Å². The summed E-state index contributed by atoms with van der Waals surface area (Å²) in [5.41, 5.74) is 0. The van der Waals surface area contributed by atoms with Gasteiger partial charge < -0.3 is 16.1 Å². The van der Waals surface area contributed by atoms with Crippen LogP contribution in [0.2, 0.25) is 0 Å². The molecule has 1 aliphatic rings. The molecule has 74 valence electrons. The van der Waals surface area contributed by atoms with Crippen molar-refractivity contribution in [3.63, 3.8) is 0 Å². The Labute approximate surface area is 83.2 Å². The van der Waals surface area contributed by atoms with Gasteiger partial charge in [-0.05, 0) is 12.8 Å². The highest BCUT2D eigenvalue weighted by molar-refractivity contribution is 5.86. The maximum absolute atomic E-state index is 9.76. The van der Waals surface area contributed by atoms with E-state index in [0.29, 0.717) is 0 Å². The second-order valence-electron chi connectivity index (χ2n) is 1.61. The third-order valence-corrected chi connectivity index (χ3v) is 0.927. The van der Waals surface area contributed by atoms with Crippen molar-refractivity contribution in [2.45, 2.75) is 12.8 Å². The van der Waals surface area contributed by atoms with Gasteiger partial charge in [-0.15, -0.1) is 37.2 Å². The maximum atomic E-state index is 9.76. The molecule has 0 saturated heterocycles. The highest BCUT2D eigenvalue weighted by Gasteiger charge is 2.28. The molecule has 0 aromatic heterocycles. The molecule has 0 radical (unpaired) electrons. The molecule has 4 nitrogen and oxygen atoms in total. The Morgan fingerprint density at radius 1 is 1.09 bits per heavy atom. The van der Waals surface area contributed by atoms with E-state index in [1.54, 1.807) is 0 Å². The van der Waals surface area contributed by atoms with Crippen molar-refractivity contribution >= 4 is 43.2 Å². The third-order valence-electron chi connectivity index (χ3n) is 0.927. The molecule has 1 rings (SSSR count). The zero-order valence-corrected chi connectivity index (χ0v) is 8.02. The first-order chi connectivity index (χ1) is 2.80. The summed E-state index contributed by atoms with van der Waals surface area (Å²) in [4.78, 5) is 9.76. The molecule has 11 heavy (non-hydrogen) atoms. The molecule has 0 heterocycles. The number of carboxylic acids is 1. The van der Waals surface area contributed by atoms with Crippen LogP contribution < -0.4 is 0 Å². The van der Waals surface area contributed by atoms with Gasteiger partial charge in [0.2, 0.25) is 0 Å². The zero-order valence-electron chi connectivity index (χ0n) is 5.57. The molecule has 1 saturated carbocycles. The monoisotopic (exact) mass is 230 g/mol. The van der Waals surface area contributed by atoms with Gasteiger partial charge in [0, 0.05) is 0 Å². The van der Waals surface area contributed by atoms with Crippen molar-refractivity contribution in [1.82, 2.24) is 0 Å². The largest absolute Gasteiger partial charge is 0.481 e. The van der Waals surface area contributed by atoms with Gasteiger partial charge in [-0.2, -0.15) is 0 Å². The topological polar surface area (TPSA) is 100 Å². The Kier molecular flexibility index (Phi) is 35.5. The first-order valence-corrected chi connectivity index (χ1v) is 2.03. The predicted octanol–water partition coefficient (Wildman–Crippen LogP) is 0.0970. The van der Waals surface area contributed by atoms with Gasteiger partial charge in [-0.1, -0.05) is 0 Å². The standard InChI is InChI=1S/C4H6O2.3ClH.2H2O/c5-4(6)3-1-2-3;;;;;/h3H,1-2H2,(H,5,6);3*1H;2*1H2. The first kappa shape index (κ1) is 30.2. The maximum Gasteiger partial charge on any atom is 0.306 e. The second-order valence-corrected chi connectivity index (χ2v) is 1.61. The van der Waals surface area contributed by atoms with Gasteiger partial charge in [0.1, 0.15) is 0 Å². The van der Waals surface area contributed by atoms with E-state index >= 15 is 0 Å². The highest BCUT2D eigenvalue weighted by Crippen LogP contribution is 2.28. The van der Waals surface area contributed by atoms with Gasteiger partial charge >= 0.3 is 5.97 Å². The summed E-state index contributed by atoms with van der Waals surface area (Å²) < 4.78 is 0. The lowest BCUT2D eigenvalue weighted by Gasteiger charge is -1.75. The minimum Gasteiger partial charge on any atom is -0.481 e. The van der Waals surface area contributed by atoms with E-state index in [0.717, 1.165) is 12.8 Å². The van der Waals surface area contributed by atoms with E-state index in [9.17, 15) is 4.79 Å². The summed E-state index contributed by atoms with van der Waals surface area (Å²) in [6.45, 7) is 0. The molecule has 7 heteroatoms. The minimum absolute atomic E-state index is 0. The van der Waals surface area contributed by atoms with Crippen LogP contribution in [0, 0.1) is 5.92 Å². The van der Waals surface area contributed by atoms with Gasteiger partial charge in [-0.3, -0.25) is 4.79 Å². The Bertz CT molecular complexity index is 85.4. The van der Waals surface area contributed by atoms with Crippen LogP contribution in [0.4, 0.5) is 0 Å². The van der Waals surface area contributed by atoms with Gasteiger partial charge in [-0.25, -0.2) is 0 Å². The molecule has 0 aromatic rings. The number of carbonyl (C=O) groups is 1. The fraction of sp³-hybridized carbons (Fsp3) is 0.750. The summed E-state index contributed by atoms with van der Waals surface area (Å²) >= 11 is 0. The average molecular weight is 232 g/mol. The number of halogens is 3. The number of hydrogen-bond acceptors (Lipinski definition) is 1. The Morgan fingerprint density at radius 3 is 1.36 bits per heavy atom. The molecule has 0 unspecified atom stereocenters. The number of carboxylic acid groups (broad SMARTS) is 1.